The summed E-state index contributed by atoms with van der Waals surface area (Å²) in [5, 5.41) is 5.41. The van der Waals surface area contributed by atoms with Crippen molar-refractivity contribution in [2.75, 3.05) is 13.1 Å². The SMILES string of the molecule is C[C@@H](NCCN)c1cccs1. The summed E-state index contributed by atoms with van der Waals surface area (Å²) in [6.45, 7) is 3.75. The molecular formula is C8H14N2S. The molecule has 2 nitrogen and oxygen atoms in total. The van der Waals surface area contributed by atoms with Crippen LogP contribution in [0.4, 0.5) is 0 Å². The maximum Gasteiger partial charge on any atom is 0.0386 e. The Balaban J connectivity index is 2.36. The molecule has 0 radical (unpaired) electrons. The van der Waals surface area contributed by atoms with E-state index in [1.165, 1.54) is 4.88 Å². The molecule has 1 aromatic heterocycles. The lowest BCUT2D eigenvalue weighted by molar-refractivity contribution is 0.590. The number of hydrogen-bond donors (Lipinski definition) is 2. The van der Waals surface area contributed by atoms with Gasteiger partial charge in [-0.05, 0) is 18.4 Å². The van der Waals surface area contributed by atoms with Crippen LogP contribution in [0.2, 0.25) is 0 Å². The predicted octanol–water partition coefficient (Wildman–Crippen LogP) is 1.36. The Morgan fingerprint density at radius 3 is 3.09 bits per heavy atom. The van der Waals surface area contributed by atoms with Crippen LogP contribution in [0.5, 0.6) is 0 Å². The van der Waals surface area contributed by atoms with Crippen LogP contribution in [-0.2, 0) is 0 Å². The monoisotopic (exact) mass is 170 g/mol. The molecule has 0 aliphatic heterocycles. The van der Waals surface area contributed by atoms with E-state index in [0.717, 1.165) is 6.54 Å². The Morgan fingerprint density at radius 2 is 2.55 bits per heavy atom. The van der Waals surface area contributed by atoms with Crippen molar-refractivity contribution in [2.45, 2.75) is 13.0 Å². The van der Waals surface area contributed by atoms with Crippen LogP contribution in [0.3, 0.4) is 0 Å². The van der Waals surface area contributed by atoms with Crippen molar-refractivity contribution in [3.8, 4) is 0 Å². The van der Waals surface area contributed by atoms with Crippen molar-refractivity contribution < 1.29 is 0 Å². The summed E-state index contributed by atoms with van der Waals surface area (Å²) in [5.74, 6) is 0. The fourth-order valence-electron chi connectivity index (χ4n) is 0.938. The lowest BCUT2D eigenvalue weighted by Gasteiger charge is -2.09. The highest BCUT2D eigenvalue weighted by Gasteiger charge is 2.02. The summed E-state index contributed by atoms with van der Waals surface area (Å²) in [7, 11) is 0. The van der Waals surface area contributed by atoms with Gasteiger partial charge in [0.05, 0.1) is 0 Å². The van der Waals surface area contributed by atoms with Crippen molar-refractivity contribution in [2.24, 2.45) is 5.73 Å². The van der Waals surface area contributed by atoms with Gasteiger partial charge in [0.15, 0.2) is 0 Å². The maximum absolute atomic E-state index is 5.37. The standard InChI is InChI=1S/C8H14N2S/c1-7(10-5-4-9)8-3-2-6-11-8/h2-3,6-7,10H,4-5,9H2,1H3/t7-/m1/s1. The zero-order chi connectivity index (χ0) is 8.10. The fraction of sp³-hybridized carbons (Fsp3) is 0.500. The molecule has 0 bridgehead atoms. The van der Waals surface area contributed by atoms with E-state index in [-0.39, 0.29) is 0 Å². The van der Waals surface area contributed by atoms with Crippen LogP contribution < -0.4 is 11.1 Å². The molecule has 1 heterocycles. The number of nitrogens with two attached hydrogens (primary N) is 1. The largest absolute Gasteiger partial charge is 0.329 e. The molecule has 0 fully saturated rings. The normalized spacial score (nSPS) is 13.3. The van der Waals surface area contributed by atoms with E-state index in [4.69, 9.17) is 5.73 Å². The van der Waals surface area contributed by atoms with Gasteiger partial charge in [0.2, 0.25) is 0 Å². The first-order valence-electron chi connectivity index (χ1n) is 3.81. The number of thiophene rings is 1. The minimum atomic E-state index is 0.443. The highest BCUT2D eigenvalue weighted by Crippen LogP contribution is 2.17. The second-order valence-corrected chi connectivity index (χ2v) is 3.46. The van der Waals surface area contributed by atoms with Gasteiger partial charge in [0, 0.05) is 24.0 Å². The third kappa shape index (κ3) is 2.61. The summed E-state index contributed by atoms with van der Waals surface area (Å²) >= 11 is 1.78. The molecule has 0 spiro atoms. The average Bonchev–Trinajstić information content (AvgIpc) is 2.52. The van der Waals surface area contributed by atoms with E-state index in [2.05, 4.69) is 29.8 Å². The van der Waals surface area contributed by atoms with Crippen LogP contribution >= 0.6 is 11.3 Å². The second kappa shape index (κ2) is 4.49. The highest BCUT2D eigenvalue weighted by molar-refractivity contribution is 7.10. The van der Waals surface area contributed by atoms with E-state index < -0.39 is 0 Å². The molecule has 0 saturated heterocycles. The van der Waals surface area contributed by atoms with Crippen molar-refractivity contribution in [1.29, 1.82) is 0 Å². The Hall–Kier alpha value is -0.380. The first kappa shape index (κ1) is 8.71. The molecule has 1 aromatic rings. The van der Waals surface area contributed by atoms with Gasteiger partial charge < -0.3 is 11.1 Å². The first-order chi connectivity index (χ1) is 5.34. The molecule has 0 aliphatic rings. The average molecular weight is 170 g/mol. The van der Waals surface area contributed by atoms with Crippen LogP contribution in [0.1, 0.15) is 17.8 Å². The van der Waals surface area contributed by atoms with Crippen molar-refractivity contribution in [3.05, 3.63) is 22.4 Å². The Morgan fingerprint density at radius 1 is 1.73 bits per heavy atom. The summed E-state index contributed by atoms with van der Waals surface area (Å²) in [6, 6.07) is 4.65. The zero-order valence-corrected chi connectivity index (χ0v) is 7.53. The summed E-state index contributed by atoms with van der Waals surface area (Å²) in [6.07, 6.45) is 0. The molecular weight excluding hydrogens is 156 g/mol. The molecule has 1 atom stereocenters. The molecule has 0 aliphatic carbocycles. The third-order valence-electron chi connectivity index (χ3n) is 1.56. The van der Waals surface area contributed by atoms with Gasteiger partial charge >= 0.3 is 0 Å². The molecule has 3 N–H and O–H groups in total. The van der Waals surface area contributed by atoms with Crippen LogP contribution in [-0.4, -0.2) is 13.1 Å². The molecule has 0 amide bonds. The van der Waals surface area contributed by atoms with Gasteiger partial charge in [0.1, 0.15) is 0 Å². The third-order valence-corrected chi connectivity index (χ3v) is 2.62. The maximum atomic E-state index is 5.37. The fourth-order valence-corrected chi connectivity index (χ4v) is 1.70. The lowest BCUT2D eigenvalue weighted by atomic mass is 10.3. The van der Waals surface area contributed by atoms with Crippen molar-refractivity contribution >= 4 is 11.3 Å². The summed E-state index contributed by atoms with van der Waals surface area (Å²) in [4.78, 5) is 1.37. The first-order valence-corrected chi connectivity index (χ1v) is 4.69. The van der Waals surface area contributed by atoms with E-state index in [1.807, 2.05) is 0 Å². The van der Waals surface area contributed by atoms with Gasteiger partial charge in [-0.25, -0.2) is 0 Å². The Kier molecular flexibility index (Phi) is 3.56. The van der Waals surface area contributed by atoms with E-state index in [1.54, 1.807) is 11.3 Å². The molecule has 0 aromatic carbocycles. The molecule has 0 saturated carbocycles. The quantitative estimate of drug-likeness (QED) is 0.716. The van der Waals surface area contributed by atoms with Gasteiger partial charge in [0.25, 0.3) is 0 Å². The van der Waals surface area contributed by atoms with E-state index in [9.17, 15) is 0 Å². The molecule has 1 rings (SSSR count). The van der Waals surface area contributed by atoms with Crippen LogP contribution in [0, 0.1) is 0 Å². The van der Waals surface area contributed by atoms with Crippen LogP contribution in [0.25, 0.3) is 0 Å². The van der Waals surface area contributed by atoms with Crippen LogP contribution in [0.15, 0.2) is 17.5 Å². The van der Waals surface area contributed by atoms with Gasteiger partial charge in [-0.15, -0.1) is 11.3 Å². The minimum Gasteiger partial charge on any atom is -0.329 e. The van der Waals surface area contributed by atoms with Crippen molar-refractivity contribution in [1.82, 2.24) is 5.32 Å². The topological polar surface area (TPSA) is 38.0 Å². The molecule has 3 heteroatoms. The molecule has 0 unspecified atom stereocenters. The minimum absolute atomic E-state index is 0.443. The lowest BCUT2D eigenvalue weighted by Crippen LogP contribution is -2.24. The summed E-state index contributed by atoms with van der Waals surface area (Å²) < 4.78 is 0. The number of hydrogen-bond acceptors (Lipinski definition) is 3. The molecule has 11 heavy (non-hydrogen) atoms. The predicted molar refractivity (Wildman–Crippen MR) is 49.8 cm³/mol. The van der Waals surface area contributed by atoms with Gasteiger partial charge in [-0.3, -0.25) is 0 Å². The van der Waals surface area contributed by atoms with Gasteiger partial charge in [-0.2, -0.15) is 0 Å². The zero-order valence-electron chi connectivity index (χ0n) is 6.71. The smallest absolute Gasteiger partial charge is 0.0386 e. The number of nitrogens with one attached hydrogen (secondary N) is 1. The summed E-state index contributed by atoms with van der Waals surface area (Å²) in [5.41, 5.74) is 5.37. The number of rotatable bonds is 4. The highest BCUT2D eigenvalue weighted by atomic mass is 32.1. The van der Waals surface area contributed by atoms with Gasteiger partial charge in [-0.1, -0.05) is 6.07 Å². The van der Waals surface area contributed by atoms with E-state index in [0.29, 0.717) is 12.6 Å². The van der Waals surface area contributed by atoms with E-state index >= 15 is 0 Å². The van der Waals surface area contributed by atoms with Crippen molar-refractivity contribution in [3.63, 3.8) is 0 Å². The second-order valence-electron chi connectivity index (χ2n) is 2.48. The molecule has 62 valence electrons. The Labute approximate surface area is 71.4 Å². The Bertz CT molecular complexity index is 184.